The van der Waals surface area contributed by atoms with Gasteiger partial charge in [-0.15, -0.1) is 0 Å². The molecule has 0 radical (unpaired) electrons. The SMILES string of the molecule is NC(=CC(=O)c1ccccc1)C(F)(F)C(F)(F)C(F)(F)F. The maximum Gasteiger partial charge on any atom is 0.460 e. The molecule has 0 spiro atoms. The molecule has 0 fully saturated rings. The molecule has 21 heavy (non-hydrogen) atoms. The molecule has 1 rings (SSSR count). The number of carbonyl (C=O) groups excluding carboxylic acids is 1. The number of benzene rings is 1. The Hall–Kier alpha value is -2.06. The van der Waals surface area contributed by atoms with Crippen molar-refractivity contribution >= 4 is 5.78 Å². The molecule has 0 atom stereocenters. The molecular weight excluding hydrogens is 307 g/mol. The zero-order valence-corrected chi connectivity index (χ0v) is 10.1. The van der Waals surface area contributed by atoms with Crippen LogP contribution in [0.4, 0.5) is 30.7 Å². The second-order valence-corrected chi connectivity index (χ2v) is 3.98. The largest absolute Gasteiger partial charge is 0.460 e. The summed E-state index contributed by atoms with van der Waals surface area (Å²) in [6.07, 6.45) is -6.65. The van der Waals surface area contributed by atoms with Crippen molar-refractivity contribution in [2.75, 3.05) is 0 Å². The van der Waals surface area contributed by atoms with Crippen molar-refractivity contribution in [1.29, 1.82) is 0 Å². The third-order valence-corrected chi connectivity index (χ3v) is 2.46. The zero-order valence-electron chi connectivity index (χ0n) is 10.1. The van der Waals surface area contributed by atoms with Crippen LogP contribution in [0.3, 0.4) is 0 Å². The molecule has 0 heterocycles. The van der Waals surface area contributed by atoms with Gasteiger partial charge in [-0.3, -0.25) is 4.79 Å². The first kappa shape index (κ1) is 17.0. The summed E-state index contributed by atoms with van der Waals surface area (Å²) in [5, 5.41) is 0. The first-order valence-corrected chi connectivity index (χ1v) is 5.30. The lowest BCUT2D eigenvalue weighted by molar-refractivity contribution is -0.344. The fourth-order valence-electron chi connectivity index (χ4n) is 1.28. The van der Waals surface area contributed by atoms with Crippen molar-refractivity contribution in [3.05, 3.63) is 47.7 Å². The first-order chi connectivity index (χ1) is 9.41. The molecule has 0 aromatic heterocycles. The van der Waals surface area contributed by atoms with Crippen molar-refractivity contribution in [3.63, 3.8) is 0 Å². The van der Waals surface area contributed by atoms with Crippen molar-refractivity contribution < 1.29 is 35.5 Å². The van der Waals surface area contributed by atoms with Gasteiger partial charge in [0.2, 0.25) is 0 Å². The lowest BCUT2D eigenvalue weighted by Crippen LogP contribution is -2.54. The van der Waals surface area contributed by atoms with Gasteiger partial charge in [-0.25, -0.2) is 0 Å². The number of allylic oxidation sites excluding steroid dienone is 2. The predicted molar refractivity (Wildman–Crippen MR) is 59.0 cm³/mol. The van der Waals surface area contributed by atoms with Crippen LogP contribution in [0.5, 0.6) is 0 Å². The summed E-state index contributed by atoms with van der Waals surface area (Å²) in [6, 6.07) is 6.49. The highest BCUT2D eigenvalue weighted by atomic mass is 19.4. The molecule has 0 saturated carbocycles. The molecule has 0 aliphatic carbocycles. The molecule has 0 amide bonds. The number of halogens is 7. The van der Waals surface area contributed by atoms with Crippen LogP contribution in [0, 0.1) is 0 Å². The number of hydrogen-bond donors (Lipinski definition) is 1. The van der Waals surface area contributed by atoms with Crippen molar-refractivity contribution in [2.24, 2.45) is 5.73 Å². The summed E-state index contributed by atoms with van der Waals surface area (Å²) in [4.78, 5) is 11.5. The average Bonchev–Trinajstić information content (AvgIpc) is 2.38. The van der Waals surface area contributed by atoms with Gasteiger partial charge >= 0.3 is 18.0 Å². The van der Waals surface area contributed by atoms with E-state index in [2.05, 4.69) is 5.73 Å². The number of alkyl halides is 7. The van der Waals surface area contributed by atoms with E-state index in [1.165, 1.54) is 18.2 Å². The van der Waals surface area contributed by atoms with Crippen LogP contribution in [0.25, 0.3) is 0 Å². The molecule has 1 aromatic rings. The summed E-state index contributed by atoms with van der Waals surface area (Å²) < 4.78 is 87.6. The second-order valence-electron chi connectivity index (χ2n) is 3.98. The van der Waals surface area contributed by atoms with Crippen LogP contribution < -0.4 is 5.73 Å². The van der Waals surface area contributed by atoms with E-state index >= 15 is 0 Å². The van der Waals surface area contributed by atoms with E-state index < -0.39 is 29.5 Å². The number of ketones is 1. The Bertz CT molecular complexity index is 548. The Morgan fingerprint density at radius 1 is 0.952 bits per heavy atom. The van der Waals surface area contributed by atoms with Gasteiger partial charge in [-0.1, -0.05) is 30.3 Å². The first-order valence-electron chi connectivity index (χ1n) is 5.30. The van der Waals surface area contributed by atoms with Crippen LogP contribution in [0.15, 0.2) is 42.1 Å². The van der Waals surface area contributed by atoms with Crippen LogP contribution in [0.1, 0.15) is 10.4 Å². The van der Waals surface area contributed by atoms with Gasteiger partial charge < -0.3 is 5.73 Å². The van der Waals surface area contributed by atoms with Gasteiger partial charge in [-0.05, 0) is 0 Å². The Morgan fingerprint density at radius 2 is 1.43 bits per heavy atom. The van der Waals surface area contributed by atoms with Crippen LogP contribution in [0.2, 0.25) is 0 Å². The Kier molecular flexibility index (Phi) is 4.35. The number of carbonyl (C=O) groups is 1. The molecule has 1 aromatic carbocycles. The van der Waals surface area contributed by atoms with Gasteiger partial charge in [0.25, 0.3) is 0 Å². The van der Waals surface area contributed by atoms with Gasteiger partial charge in [0.15, 0.2) is 5.78 Å². The van der Waals surface area contributed by atoms with E-state index in [1.54, 1.807) is 0 Å². The lowest BCUT2D eigenvalue weighted by atomic mass is 10.0. The molecule has 2 nitrogen and oxygen atoms in total. The Morgan fingerprint density at radius 3 is 1.86 bits per heavy atom. The van der Waals surface area contributed by atoms with Crippen LogP contribution >= 0.6 is 0 Å². The lowest BCUT2D eigenvalue weighted by Gasteiger charge is -2.28. The quantitative estimate of drug-likeness (QED) is 0.524. The van der Waals surface area contributed by atoms with Crippen LogP contribution in [-0.4, -0.2) is 23.8 Å². The van der Waals surface area contributed by atoms with E-state index in [9.17, 15) is 35.5 Å². The van der Waals surface area contributed by atoms with Gasteiger partial charge in [0, 0.05) is 11.6 Å². The molecule has 0 aliphatic heterocycles. The number of rotatable bonds is 4. The second kappa shape index (κ2) is 5.38. The van der Waals surface area contributed by atoms with E-state index in [-0.39, 0.29) is 11.6 Å². The maximum atomic E-state index is 13.2. The number of nitrogens with two attached hydrogens (primary N) is 1. The maximum absolute atomic E-state index is 13.2. The summed E-state index contributed by atoms with van der Waals surface area (Å²) in [6.45, 7) is 0. The van der Waals surface area contributed by atoms with Crippen molar-refractivity contribution in [1.82, 2.24) is 0 Å². The predicted octanol–water partition coefficient (Wildman–Crippen LogP) is 3.54. The van der Waals surface area contributed by atoms with Crippen molar-refractivity contribution in [3.8, 4) is 0 Å². The molecule has 0 aliphatic rings. The highest BCUT2D eigenvalue weighted by Gasteiger charge is 2.74. The Balaban J connectivity index is 3.14. The third kappa shape index (κ3) is 3.17. The summed E-state index contributed by atoms with van der Waals surface area (Å²) >= 11 is 0. The minimum absolute atomic E-state index is 0.144. The average molecular weight is 315 g/mol. The van der Waals surface area contributed by atoms with Gasteiger partial charge in [-0.2, -0.15) is 30.7 Å². The summed E-state index contributed by atoms with van der Waals surface area (Å²) in [5.41, 5.74) is 2.23. The zero-order chi connectivity index (χ0) is 16.5. The standard InChI is InChI=1S/C12H8F7NO/c13-10(14,11(15,16)12(17,18)19)9(20)6-8(21)7-4-2-1-3-5-7/h1-6H,20H2. The third-order valence-electron chi connectivity index (χ3n) is 2.46. The topological polar surface area (TPSA) is 43.1 Å². The van der Waals surface area contributed by atoms with Gasteiger partial charge in [0.05, 0.1) is 5.70 Å². The fourth-order valence-corrected chi connectivity index (χ4v) is 1.28. The highest BCUT2D eigenvalue weighted by molar-refractivity contribution is 6.04. The highest BCUT2D eigenvalue weighted by Crippen LogP contribution is 2.48. The summed E-state index contributed by atoms with van der Waals surface area (Å²) in [5.74, 6) is -13.3. The molecule has 0 unspecified atom stereocenters. The summed E-state index contributed by atoms with van der Waals surface area (Å²) in [7, 11) is 0. The monoisotopic (exact) mass is 315 g/mol. The fraction of sp³-hybridized carbons (Fsp3) is 0.250. The number of hydrogen-bond acceptors (Lipinski definition) is 2. The molecule has 0 bridgehead atoms. The minimum atomic E-state index is -6.51. The Labute approximate surface area is 114 Å². The molecule has 0 saturated heterocycles. The minimum Gasteiger partial charge on any atom is -0.397 e. The van der Waals surface area contributed by atoms with E-state index in [0.29, 0.717) is 0 Å². The van der Waals surface area contributed by atoms with E-state index in [4.69, 9.17) is 0 Å². The van der Waals surface area contributed by atoms with Crippen LogP contribution in [-0.2, 0) is 0 Å². The van der Waals surface area contributed by atoms with E-state index in [0.717, 1.165) is 12.1 Å². The molecule has 116 valence electrons. The van der Waals surface area contributed by atoms with Gasteiger partial charge in [0.1, 0.15) is 0 Å². The normalized spacial score (nSPS) is 14.1. The molecule has 2 N–H and O–H groups in total. The smallest absolute Gasteiger partial charge is 0.397 e. The van der Waals surface area contributed by atoms with Crippen molar-refractivity contribution in [2.45, 2.75) is 18.0 Å². The molecular formula is C12H8F7NO. The molecule has 9 heteroatoms. The van der Waals surface area contributed by atoms with E-state index in [1.807, 2.05) is 0 Å².